The van der Waals surface area contributed by atoms with Gasteiger partial charge in [-0.25, -0.2) is 13.6 Å². The first kappa shape index (κ1) is 34.8. The monoisotopic (exact) mass is 636 g/mol. The number of benzene rings is 1. The first-order valence-corrected chi connectivity index (χ1v) is 15.4. The Balaban J connectivity index is 1.87. The van der Waals surface area contributed by atoms with E-state index in [1.807, 2.05) is 13.8 Å². The number of esters is 1. The van der Waals surface area contributed by atoms with E-state index >= 15 is 0 Å². The van der Waals surface area contributed by atoms with Crippen molar-refractivity contribution in [2.24, 2.45) is 21.7 Å². The van der Waals surface area contributed by atoms with Crippen LogP contribution in [0.2, 0.25) is 0 Å². The van der Waals surface area contributed by atoms with Crippen molar-refractivity contribution in [2.45, 2.75) is 63.6 Å². The normalized spacial score (nSPS) is 24.0. The van der Waals surface area contributed by atoms with E-state index in [1.165, 1.54) is 26.1 Å². The molecule has 240 valence electrons. The molecule has 16 heteroatoms. The van der Waals surface area contributed by atoms with Crippen LogP contribution in [0.4, 0.5) is 4.39 Å². The first-order chi connectivity index (χ1) is 20.9. The molecule has 14 nitrogen and oxygen atoms in total. The van der Waals surface area contributed by atoms with Gasteiger partial charge in [0.05, 0.1) is 18.9 Å². The second-order valence-corrected chi connectivity index (χ2v) is 11.8. The summed E-state index contributed by atoms with van der Waals surface area (Å²) in [6.07, 6.45) is -3.62. The number of aliphatic hydroxyl groups is 2. The fourth-order valence-electron chi connectivity index (χ4n) is 4.56. The number of halogens is 1. The topological polar surface area (TPSA) is 203 Å². The molecule has 1 aliphatic rings. The van der Waals surface area contributed by atoms with Crippen molar-refractivity contribution in [1.82, 2.24) is 9.76 Å². The summed E-state index contributed by atoms with van der Waals surface area (Å²) in [4.78, 5) is 16.4. The third-order valence-electron chi connectivity index (χ3n) is 7.26. The van der Waals surface area contributed by atoms with Crippen molar-refractivity contribution in [3.63, 3.8) is 0 Å². The summed E-state index contributed by atoms with van der Waals surface area (Å²) in [5, 5.41) is 38.2. The highest BCUT2D eigenvalue weighted by Gasteiger charge is 2.58. The zero-order valence-electron chi connectivity index (χ0n) is 24.9. The van der Waals surface area contributed by atoms with Crippen molar-refractivity contribution in [3.8, 4) is 11.8 Å². The molecule has 1 aromatic carbocycles. The van der Waals surface area contributed by atoms with Gasteiger partial charge < -0.3 is 29.9 Å². The van der Waals surface area contributed by atoms with Crippen LogP contribution in [0.3, 0.4) is 0 Å². The van der Waals surface area contributed by atoms with Gasteiger partial charge in [-0.15, -0.1) is 0 Å². The van der Waals surface area contributed by atoms with E-state index in [9.17, 15) is 29.2 Å². The molecule has 3 rings (SSSR count). The number of nitrogens with zero attached hydrogens (tertiary/aromatic N) is 4. The van der Waals surface area contributed by atoms with Gasteiger partial charge in [0.25, 0.3) is 0 Å². The predicted molar refractivity (Wildman–Crippen MR) is 158 cm³/mol. The smallest absolute Gasteiger partial charge is 0.459 e. The molecule has 0 bridgehead atoms. The fourth-order valence-corrected chi connectivity index (χ4v) is 6.06. The molecule has 0 unspecified atom stereocenters. The molecule has 1 aromatic heterocycles. The second-order valence-electron chi connectivity index (χ2n) is 10.1. The highest BCUT2D eigenvalue weighted by Crippen LogP contribution is 2.47. The maximum atomic E-state index is 14.9. The number of aromatic nitrogens is 1. The first-order valence-electron chi connectivity index (χ1n) is 13.9. The van der Waals surface area contributed by atoms with Gasteiger partial charge >= 0.3 is 13.7 Å². The molecule has 2 heterocycles. The zero-order valence-corrected chi connectivity index (χ0v) is 25.8. The van der Waals surface area contributed by atoms with E-state index < -0.39 is 56.1 Å². The third-order valence-corrected chi connectivity index (χ3v) is 8.90. The average Bonchev–Trinajstić information content (AvgIpc) is 3.49. The fraction of sp³-hybridized carbons (Fsp3) is 0.500. The molecule has 5 N–H and O–H groups in total. The molecule has 6 atom stereocenters. The minimum absolute atomic E-state index is 0.133. The van der Waals surface area contributed by atoms with Crippen molar-refractivity contribution in [3.05, 3.63) is 53.6 Å². The van der Waals surface area contributed by atoms with Gasteiger partial charge in [0.2, 0.25) is 5.60 Å². The van der Waals surface area contributed by atoms with Crippen LogP contribution >= 0.6 is 7.75 Å². The Bertz CT molecular complexity index is 1430. The van der Waals surface area contributed by atoms with Crippen LogP contribution < -0.4 is 15.3 Å². The van der Waals surface area contributed by atoms with Gasteiger partial charge in [0.1, 0.15) is 47.7 Å². The van der Waals surface area contributed by atoms with E-state index in [1.54, 1.807) is 24.3 Å². The largest absolute Gasteiger partial charge is 0.464 e. The number of carbonyl (C=O) groups is 1. The molecule has 1 aliphatic heterocycles. The zero-order chi connectivity index (χ0) is 32.7. The molecule has 2 aromatic rings. The summed E-state index contributed by atoms with van der Waals surface area (Å²) < 4.78 is 52.0. The minimum atomic E-state index is -4.40. The molecule has 0 radical (unpaired) electrons. The van der Waals surface area contributed by atoms with Crippen LogP contribution in [0.15, 0.2) is 46.5 Å². The molecule has 0 amide bonds. The SMILES string of the molecule is C=Nn1c([C@]2(C#N)O[C@H](CO[P@@](=O)(N[C@@H](C)C(=O)OCC(CC)CC)Oc3ccccc3)[C@@H](O)[C@H]2O)cc(F)c1C(N)=NC. The van der Waals surface area contributed by atoms with Gasteiger partial charge in [-0.3, -0.25) is 14.3 Å². The van der Waals surface area contributed by atoms with Gasteiger partial charge in [0.15, 0.2) is 5.82 Å². The number of carbonyl (C=O) groups excluding carboxylic acids is 1. The van der Waals surface area contributed by atoms with Gasteiger partial charge in [0, 0.05) is 19.8 Å². The summed E-state index contributed by atoms with van der Waals surface area (Å²) in [5.41, 5.74) is 2.73. The maximum absolute atomic E-state index is 14.9. The summed E-state index contributed by atoms with van der Waals surface area (Å²) in [6, 6.07) is 9.45. The molecule has 0 aliphatic carbocycles. The van der Waals surface area contributed by atoms with Crippen LogP contribution in [0, 0.1) is 23.1 Å². The van der Waals surface area contributed by atoms with Crippen molar-refractivity contribution in [2.75, 3.05) is 20.3 Å². The summed E-state index contributed by atoms with van der Waals surface area (Å²) >= 11 is 0. The lowest BCUT2D eigenvalue weighted by Crippen LogP contribution is -2.41. The number of rotatable bonds is 15. The Labute approximate surface area is 254 Å². The number of ether oxygens (including phenoxy) is 2. The van der Waals surface area contributed by atoms with Crippen LogP contribution in [-0.2, 0) is 29.0 Å². The second kappa shape index (κ2) is 14.9. The number of aliphatic imine (C=N–C) groups is 1. The maximum Gasteiger partial charge on any atom is 0.459 e. The Morgan fingerprint density at radius 3 is 2.57 bits per heavy atom. The number of amidine groups is 1. The summed E-state index contributed by atoms with van der Waals surface area (Å²) in [5.74, 6) is -1.62. The highest BCUT2D eigenvalue weighted by molar-refractivity contribution is 7.52. The molecule has 0 spiro atoms. The lowest BCUT2D eigenvalue weighted by Gasteiger charge is -2.26. The average molecular weight is 637 g/mol. The molecule has 1 saturated heterocycles. The number of aliphatic hydroxyl groups excluding tert-OH is 2. The number of nitrogens with two attached hydrogens (primary N) is 1. The van der Waals surface area contributed by atoms with Gasteiger partial charge in [-0.05, 0) is 25.0 Å². The molecule has 1 fully saturated rings. The van der Waals surface area contributed by atoms with Crippen molar-refractivity contribution < 1.29 is 42.5 Å². The molecule has 0 saturated carbocycles. The van der Waals surface area contributed by atoms with Gasteiger partial charge in [-0.1, -0.05) is 44.9 Å². The number of hydrogen-bond donors (Lipinski definition) is 4. The molecule has 44 heavy (non-hydrogen) atoms. The lowest BCUT2D eigenvalue weighted by atomic mass is 9.92. The minimum Gasteiger partial charge on any atom is -0.464 e. The molecular weight excluding hydrogens is 598 g/mol. The molecular formula is C28H38FN6O8P. The Morgan fingerprint density at radius 1 is 1.34 bits per heavy atom. The summed E-state index contributed by atoms with van der Waals surface area (Å²) in [7, 11) is -3.09. The lowest BCUT2D eigenvalue weighted by molar-refractivity contribution is -0.146. The van der Waals surface area contributed by atoms with E-state index in [0.29, 0.717) is 0 Å². The Hall–Kier alpha value is -3.64. The standard InChI is InChI=1S/C28H38FN6O8P/c1-6-18(7-2)14-40-27(38)17(3)34-44(39,43-19-11-9-8-10-12-19)41-15-21-24(36)25(37)28(16-30,42-21)22-13-20(29)23(26(31)32-4)35(22)33-5/h8-13,17-18,21,24-25,36-37H,5-7,14-15H2,1-4H3,(H2,31,32)(H,34,39)/t17-,21+,24+,25+,28-,44-/m0/s1. The Morgan fingerprint density at radius 2 is 2.00 bits per heavy atom. The van der Waals surface area contributed by atoms with Crippen LogP contribution in [-0.4, -0.2) is 78.0 Å². The summed E-state index contributed by atoms with van der Waals surface area (Å²) in [6.45, 7) is 8.21. The van der Waals surface area contributed by atoms with Gasteiger partial charge in [-0.2, -0.15) is 15.5 Å². The quantitative estimate of drug-likeness (QED) is 0.0967. The number of nitrogens with one attached hydrogen (secondary N) is 1. The number of nitriles is 1. The van der Waals surface area contributed by atoms with Crippen molar-refractivity contribution >= 4 is 26.3 Å². The number of para-hydroxylation sites is 1. The van der Waals surface area contributed by atoms with Crippen LogP contribution in [0.5, 0.6) is 5.75 Å². The van der Waals surface area contributed by atoms with E-state index in [2.05, 4.69) is 21.9 Å². The Kier molecular flexibility index (Phi) is 11.8. The van der Waals surface area contributed by atoms with E-state index in [-0.39, 0.29) is 35.5 Å². The predicted octanol–water partition coefficient (Wildman–Crippen LogP) is 2.43. The van der Waals surface area contributed by atoms with Crippen LogP contribution in [0.25, 0.3) is 0 Å². The third kappa shape index (κ3) is 7.35. The van der Waals surface area contributed by atoms with Crippen molar-refractivity contribution in [1.29, 1.82) is 5.26 Å². The van der Waals surface area contributed by atoms with E-state index in [0.717, 1.165) is 23.6 Å². The van der Waals surface area contributed by atoms with Crippen LogP contribution in [0.1, 0.15) is 45.0 Å². The van der Waals surface area contributed by atoms with E-state index in [4.69, 9.17) is 24.3 Å². The highest BCUT2D eigenvalue weighted by atomic mass is 31.2. The number of hydrogen-bond acceptors (Lipinski definition) is 11.